The molecule has 2 aliphatic heterocycles. The van der Waals surface area contributed by atoms with Crippen LogP contribution >= 0.6 is 0 Å². The number of hydrogen-bond donors (Lipinski definition) is 1. The van der Waals surface area contributed by atoms with Crippen LogP contribution in [0.2, 0.25) is 0 Å². The van der Waals surface area contributed by atoms with Crippen LogP contribution in [0.4, 0.5) is 11.4 Å². The van der Waals surface area contributed by atoms with Crippen molar-refractivity contribution in [3.05, 3.63) is 66.1 Å². The second-order valence-electron chi connectivity index (χ2n) is 7.61. The number of methoxy groups -OCH3 is 1. The van der Waals surface area contributed by atoms with Gasteiger partial charge in [-0.25, -0.2) is 4.52 Å². The van der Waals surface area contributed by atoms with Gasteiger partial charge in [0.05, 0.1) is 30.2 Å². The van der Waals surface area contributed by atoms with Crippen LogP contribution in [0.3, 0.4) is 0 Å². The van der Waals surface area contributed by atoms with Crippen LogP contribution in [0, 0.1) is 0 Å². The first kappa shape index (κ1) is 18.7. The second-order valence-corrected chi connectivity index (χ2v) is 7.61. The number of ether oxygens (including phenoxy) is 1. The van der Waals surface area contributed by atoms with Gasteiger partial charge in [-0.1, -0.05) is 6.07 Å². The highest BCUT2D eigenvalue weighted by atomic mass is 16.5. The van der Waals surface area contributed by atoms with Crippen LogP contribution in [0.25, 0.3) is 5.52 Å². The number of aromatic nitrogens is 2. The molecule has 2 aliphatic rings. The first-order valence-corrected chi connectivity index (χ1v) is 10.3. The van der Waals surface area contributed by atoms with Gasteiger partial charge in [-0.2, -0.15) is 5.10 Å². The largest absolute Gasteiger partial charge is 0.494 e. The summed E-state index contributed by atoms with van der Waals surface area (Å²) >= 11 is 0. The molecule has 5 rings (SSSR count). The molecule has 1 saturated heterocycles. The minimum Gasteiger partial charge on any atom is -0.494 e. The number of nitrogens with one attached hydrogen (secondary N) is 1. The lowest BCUT2D eigenvalue weighted by atomic mass is 10.0. The number of allylic oxidation sites excluding steroid dienone is 1. The number of aliphatic imine (C=N–C) groups is 1. The molecule has 3 aromatic rings. The molecule has 0 saturated carbocycles. The van der Waals surface area contributed by atoms with Crippen molar-refractivity contribution in [3.8, 4) is 5.75 Å². The Kier molecular flexibility index (Phi) is 4.88. The molecule has 0 bridgehead atoms. The van der Waals surface area contributed by atoms with Gasteiger partial charge in [0, 0.05) is 55.9 Å². The van der Waals surface area contributed by atoms with Crippen molar-refractivity contribution >= 4 is 22.6 Å². The van der Waals surface area contributed by atoms with Gasteiger partial charge in [0.25, 0.3) is 0 Å². The lowest BCUT2D eigenvalue weighted by Gasteiger charge is -2.31. The summed E-state index contributed by atoms with van der Waals surface area (Å²) < 4.78 is 7.63. The molecule has 0 atom stereocenters. The maximum absolute atomic E-state index is 5.75. The molecule has 0 spiro atoms. The van der Waals surface area contributed by atoms with Crippen LogP contribution in [0.5, 0.6) is 5.75 Å². The molecule has 0 unspecified atom stereocenters. The van der Waals surface area contributed by atoms with E-state index in [1.807, 2.05) is 29.0 Å². The van der Waals surface area contributed by atoms with Crippen LogP contribution in [-0.2, 0) is 0 Å². The normalized spacial score (nSPS) is 17.1. The molecule has 0 amide bonds. The van der Waals surface area contributed by atoms with Gasteiger partial charge in [0.1, 0.15) is 12.4 Å². The van der Waals surface area contributed by atoms with E-state index in [0.717, 1.165) is 60.0 Å². The summed E-state index contributed by atoms with van der Waals surface area (Å²) in [5, 5.41) is 7.85. The minimum atomic E-state index is 0.542. The van der Waals surface area contributed by atoms with Crippen molar-refractivity contribution in [1.29, 1.82) is 0 Å². The smallest absolute Gasteiger partial charge is 0.144 e. The molecule has 1 N–H and O–H groups in total. The molecular formula is C23H26N6O. The SMILES string of the molecule is COc1cc(N2CCNCC2)ccc1N1C=C(C)C(c2cnn3ccccc23)=NC1. The van der Waals surface area contributed by atoms with Crippen molar-refractivity contribution in [1.82, 2.24) is 14.9 Å². The maximum Gasteiger partial charge on any atom is 0.144 e. The summed E-state index contributed by atoms with van der Waals surface area (Å²) in [6.45, 7) is 6.69. The molecular weight excluding hydrogens is 376 g/mol. The Morgan fingerprint density at radius 1 is 1.10 bits per heavy atom. The number of nitrogens with zero attached hydrogens (tertiary/aromatic N) is 5. The Balaban J connectivity index is 1.42. The van der Waals surface area contributed by atoms with Gasteiger partial charge in [-0.05, 0) is 36.8 Å². The molecule has 154 valence electrons. The Hall–Kier alpha value is -3.32. The average molecular weight is 403 g/mol. The fourth-order valence-electron chi connectivity index (χ4n) is 4.19. The standard InChI is InChI=1S/C23H26N6O/c1-17-15-28(16-25-23(17)19-14-26-29-10-4-3-5-20(19)29)21-7-6-18(13-22(21)30-2)27-11-8-24-9-12-27/h3-7,10,13-15,24H,8-9,11-12,16H2,1-2H3. The van der Waals surface area contributed by atoms with Gasteiger partial charge >= 0.3 is 0 Å². The first-order chi connectivity index (χ1) is 14.7. The van der Waals surface area contributed by atoms with E-state index in [1.54, 1.807) is 7.11 Å². The van der Waals surface area contributed by atoms with Crippen molar-refractivity contribution in [2.24, 2.45) is 4.99 Å². The van der Waals surface area contributed by atoms with Crippen molar-refractivity contribution < 1.29 is 4.74 Å². The van der Waals surface area contributed by atoms with Crippen molar-refractivity contribution in [2.45, 2.75) is 6.92 Å². The Labute approximate surface area is 176 Å². The van der Waals surface area contributed by atoms with Gasteiger partial charge < -0.3 is 19.9 Å². The number of hydrogen-bond acceptors (Lipinski definition) is 6. The van der Waals surface area contributed by atoms with Crippen LogP contribution in [0.15, 0.2) is 65.6 Å². The molecule has 7 nitrogen and oxygen atoms in total. The van der Waals surface area contributed by atoms with E-state index in [-0.39, 0.29) is 0 Å². The number of anilines is 2. The zero-order valence-corrected chi connectivity index (χ0v) is 17.4. The predicted octanol–water partition coefficient (Wildman–Crippen LogP) is 2.92. The number of fused-ring (bicyclic) bond motifs is 1. The van der Waals surface area contributed by atoms with E-state index in [4.69, 9.17) is 9.73 Å². The quantitative estimate of drug-likeness (QED) is 0.727. The number of piperazine rings is 1. The zero-order valence-electron chi connectivity index (χ0n) is 17.4. The third-order valence-corrected chi connectivity index (χ3v) is 5.74. The number of pyridine rings is 1. The van der Waals surface area contributed by atoms with E-state index in [2.05, 4.69) is 57.6 Å². The summed E-state index contributed by atoms with van der Waals surface area (Å²) in [6, 6.07) is 12.5. The van der Waals surface area contributed by atoms with E-state index in [9.17, 15) is 0 Å². The fraction of sp³-hybridized carbons (Fsp3) is 0.304. The summed E-state index contributed by atoms with van der Waals surface area (Å²) in [5.74, 6) is 0.865. The van der Waals surface area contributed by atoms with Gasteiger partial charge in [-0.15, -0.1) is 0 Å². The van der Waals surface area contributed by atoms with Crippen LogP contribution in [0.1, 0.15) is 12.5 Å². The van der Waals surface area contributed by atoms with Crippen molar-refractivity contribution in [2.75, 3.05) is 49.8 Å². The lowest BCUT2D eigenvalue weighted by Crippen LogP contribution is -2.43. The highest BCUT2D eigenvalue weighted by Crippen LogP contribution is 2.34. The highest BCUT2D eigenvalue weighted by Gasteiger charge is 2.21. The molecule has 1 aromatic carbocycles. The van der Waals surface area contributed by atoms with Gasteiger partial charge in [0.2, 0.25) is 0 Å². The zero-order chi connectivity index (χ0) is 20.5. The minimum absolute atomic E-state index is 0.542. The third-order valence-electron chi connectivity index (χ3n) is 5.74. The van der Waals surface area contributed by atoms with Crippen LogP contribution < -0.4 is 19.9 Å². The summed E-state index contributed by atoms with van der Waals surface area (Å²) in [7, 11) is 1.73. The van der Waals surface area contributed by atoms with Crippen molar-refractivity contribution in [3.63, 3.8) is 0 Å². The molecule has 30 heavy (non-hydrogen) atoms. The Morgan fingerprint density at radius 3 is 2.77 bits per heavy atom. The highest BCUT2D eigenvalue weighted by molar-refractivity contribution is 6.16. The number of rotatable bonds is 4. The topological polar surface area (TPSA) is 57.4 Å². The molecule has 1 fully saturated rings. The van der Waals surface area contributed by atoms with Gasteiger partial charge in [-0.3, -0.25) is 4.99 Å². The second kappa shape index (κ2) is 7.84. The van der Waals surface area contributed by atoms with Crippen LogP contribution in [-0.4, -0.2) is 55.3 Å². The van der Waals surface area contributed by atoms with E-state index < -0.39 is 0 Å². The molecule has 7 heteroatoms. The van der Waals surface area contributed by atoms with E-state index >= 15 is 0 Å². The molecule has 0 radical (unpaired) electrons. The summed E-state index contributed by atoms with van der Waals surface area (Å²) in [6.07, 6.45) is 6.00. The van der Waals surface area contributed by atoms with E-state index in [0.29, 0.717) is 6.67 Å². The Bertz CT molecular complexity index is 1130. The summed E-state index contributed by atoms with van der Waals surface area (Å²) in [4.78, 5) is 9.43. The number of benzene rings is 1. The average Bonchev–Trinajstić information content (AvgIpc) is 3.23. The van der Waals surface area contributed by atoms with E-state index in [1.165, 1.54) is 5.69 Å². The van der Waals surface area contributed by atoms with Gasteiger partial charge in [0.15, 0.2) is 0 Å². The molecule has 0 aliphatic carbocycles. The Morgan fingerprint density at radius 2 is 1.97 bits per heavy atom. The maximum atomic E-state index is 5.75. The molecule has 2 aromatic heterocycles. The molecule has 4 heterocycles. The first-order valence-electron chi connectivity index (χ1n) is 10.3. The summed E-state index contributed by atoms with van der Waals surface area (Å²) in [5.41, 5.74) is 6.45. The lowest BCUT2D eigenvalue weighted by molar-refractivity contribution is 0.415. The monoisotopic (exact) mass is 402 g/mol. The predicted molar refractivity (Wildman–Crippen MR) is 121 cm³/mol. The fourth-order valence-corrected chi connectivity index (χ4v) is 4.19. The third kappa shape index (κ3) is 3.31.